The predicted molar refractivity (Wildman–Crippen MR) is 62.6 cm³/mol. The first-order chi connectivity index (χ1) is 6.13. The maximum atomic E-state index is 4.53. The Hall–Kier alpha value is -0.890. The van der Waals surface area contributed by atoms with Crippen LogP contribution in [0.5, 0.6) is 0 Å². The summed E-state index contributed by atoms with van der Waals surface area (Å²) in [7, 11) is 0.0922. The monoisotopic (exact) mass is 193 g/mol. The van der Waals surface area contributed by atoms with Gasteiger partial charge in [0.15, 0.2) is 0 Å². The van der Waals surface area contributed by atoms with Gasteiger partial charge in [0.05, 0.1) is 5.69 Å². The summed E-state index contributed by atoms with van der Waals surface area (Å²) in [5, 5.41) is 0. The zero-order valence-corrected chi connectivity index (χ0v) is 9.19. The fourth-order valence-electron chi connectivity index (χ4n) is 1.12. The Labute approximate surface area is 82.6 Å². The molecule has 13 heavy (non-hydrogen) atoms. The Kier molecular flexibility index (Phi) is 3.43. The SMILES string of the molecule is C=Cc1cc(C)ccc1N=S(C)C. The van der Waals surface area contributed by atoms with Crippen molar-refractivity contribution in [2.75, 3.05) is 12.5 Å². The van der Waals surface area contributed by atoms with Gasteiger partial charge in [-0.25, -0.2) is 4.36 Å². The van der Waals surface area contributed by atoms with Crippen molar-refractivity contribution in [2.24, 2.45) is 4.36 Å². The predicted octanol–water partition coefficient (Wildman–Crippen LogP) is 3.33. The van der Waals surface area contributed by atoms with Gasteiger partial charge in [0.1, 0.15) is 0 Å². The van der Waals surface area contributed by atoms with E-state index in [1.54, 1.807) is 0 Å². The lowest BCUT2D eigenvalue weighted by Gasteiger charge is -2.02. The van der Waals surface area contributed by atoms with E-state index in [1.165, 1.54) is 5.56 Å². The largest absolute Gasteiger partial charge is 0.228 e. The molecule has 0 fully saturated rings. The first-order valence-corrected chi connectivity index (χ1v) is 6.16. The van der Waals surface area contributed by atoms with Crippen molar-refractivity contribution in [2.45, 2.75) is 6.92 Å². The Morgan fingerprint density at radius 2 is 2.08 bits per heavy atom. The third-order valence-corrected chi connectivity index (χ3v) is 2.25. The summed E-state index contributed by atoms with van der Waals surface area (Å²) in [4.78, 5) is 0. The Morgan fingerprint density at radius 1 is 1.38 bits per heavy atom. The van der Waals surface area contributed by atoms with Gasteiger partial charge in [0, 0.05) is 5.56 Å². The van der Waals surface area contributed by atoms with Crippen LogP contribution in [0.15, 0.2) is 29.1 Å². The van der Waals surface area contributed by atoms with Gasteiger partial charge in [-0.05, 0) is 31.6 Å². The molecule has 0 aliphatic heterocycles. The molecule has 1 aromatic rings. The zero-order chi connectivity index (χ0) is 9.84. The fourth-order valence-corrected chi connectivity index (χ4v) is 1.68. The molecular weight excluding hydrogens is 178 g/mol. The first-order valence-electron chi connectivity index (χ1n) is 4.16. The summed E-state index contributed by atoms with van der Waals surface area (Å²) in [5.41, 5.74) is 3.43. The van der Waals surface area contributed by atoms with Crippen LogP contribution in [0.4, 0.5) is 5.69 Å². The molecule has 0 aliphatic carbocycles. The minimum atomic E-state index is 0.0922. The molecule has 70 valence electrons. The zero-order valence-electron chi connectivity index (χ0n) is 8.37. The number of hydrogen-bond donors (Lipinski definition) is 0. The molecule has 0 aromatic heterocycles. The second kappa shape index (κ2) is 4.38. The quantitative estimate of drug-likeness (QED) is 0.683. The third kappa shape index (κ3) is 2.81. The van der Waals surface area contributed by atoms with E-state index in [2.05, 4.69) is 48.6 Å². The minimum Gasteiger partial charge on any atom is -0.228 e. The molecule has 0 spiro atoms. The van der Waals surface area contributed by atoms with Crippen molar-refractivity contribution >= 4 is 22.5 Å². The van der Waals surface area contributed by atoms with E-state index >= 15 is 0 Å². The summed E-state index contributed by atoms with van der Waals surface area (Å²) in [6.07, 6.45) is 6.07. The molecule has 0 amide bonds. The molecule has 0 saturated carbocycles. The Bertz CT molecular complexity index is 349. The van der Waals surface area contributed by atoms with E-state index in [0.717, 1.165) is 11.3 Å². The molecule has 2 heteroatoms. The topological polar surface area (TPSA) is 12.4 Å². The van der Waals surface area contributed by atoms with Crippen molar-refractivity contribution in [3.63, 3.8) is 0 Å². The molecule has 1 nitrogen and oxygen atoms in total. The number of rotatable bonds is 2. The molecule has 0 bridgehead atoms. The Balaban J connectivity index is 3.21. The van der Waals surface area contributed by atoms with Crippen LogP contribution in [0.25, 0.3) is 6.08 Å². The molecule has 0 radical (unpaired) electrons. The molecule has 0 heterocycles. The van der Waals surface area contributed by atoms with Crippen molar-refractivity contribution in [3.05, 3.63) is 35.9 Å². The summed E-state index contributed by atoms with van der Waals surface area (Å²) in [6, 6.07) is 6.25. The average molecular weight is 193 g/mol. The highest BCUT2D eigenvalue weighted by molar-refractivity contribution is 7.85. The Morgan fingerprint density at radius 3 is 2.62 bits per heavy atom. The van der Waals surface area contributed by atoms with Crippen molar-refractivity contribution in [3.8, 4) is 0 Å². The highest BCUT2D eigenvalue weighted by Gasteiger charge is 1.96. The lowest BCUT2D eigenvalue weighted by molar-refractivity contribution is 1.43. The molecule has 0 N–H and O–H groups in total. The van der Waals surface area contributed by atoms with Crippen molar-refractivity contribution in [1.82, 2.24) is 0 Å². The standard InChI is InChI=1S/C11H15NS/c1-5-10-8-9(2)6-7-11(10)12-13(3)4/h5-8H,1H2,2-4H3. The van der Waals surface area contributed by atoms with Crippen LogP contribution in [-0.2, 0) is 10.7 Å². The second-order valence-corrected chi connectivity index (χ2v) is 4.86. The van der Waals surface area contributed by atoms with E-state index in [4.69, 9.17) is 0 Å². The van der Waals surface area contributed by atoms with E-state index in [9.17, 15) is 0 Å². The highest BCUT2D eigenvalue weighted by Crippen LogP contribution is 2.21. The number of aryl methyl sites for hydroxylation is 1. The number of hydrogen-bond acceptors (Lipinski definition) is 1. The lowest BCUT2D eigenvalue weighted by atomic mass is 10.1. The van der Waals surface area contributed by atoms with Crippen LogP contribution >= 0.6 is 0 Å². The second-order valence-electron chi connectivity index (χ2n) is 3.13. The molecule has 0 unspecified atom stereocenters. The van der Waals surface area contributed by atoms with Gasteiger partial charge in [-0.2, -0.15) is 0 Å². The summed E-state index contributed by atoms with van der Waals surface area (Å²) in [5.74, 6) is 0. The highest BCUT2D eigenvalue weighted by atomic mass is 32.2. The van der Waals surface area contributed by atoms with Crippen molar-refractivity contribution < 1.29 is 0 Å². The maximum absolute atomic E-state index is 4.53. The number of benzene rings is 1. The minimum absolute atomic E-state index is 0.0922. The average Bonchev–Trinajstić information content (AvgIpc) is 2.07. The molecule has 1 aromatic carbocycles. The molecule has 1 rings (SSSR count). The number of nitrogens with zero attached hydrogens (tertiary/aromatic N) is 1. The summed E-state index contributed by atoms with van der Waals surface area (Å²) < 4.78 is 4.53. The van der Waals surface area contributed by atoms with Crippen LogP contribution in [0.2, 0.25) is 0 Å². The molecular formula is C11H15NS. The first kappa shape index (κ1) is 10.2. The van der Waals surface area contributed by atoms with Crippen LogP contribution in [0.1, 0.15) is 11.1 Å². The van der Waals surface area contributed by atoms with Gasteiger partial charge in [-0.3, -0.25) is 0 Å². The van der Waals surface area contributed by atoms with Gasteiger partial charge in [0.25, 0.3) is 0 Å². The summed E-state index contributed by atoms with van der Waals surface area (Å²) in [6.45, 7) is 5.86. The van der Waals surface area contributed by atoms with E-state index < -0.39 is 0 Å². The van der Waals surface area contributed by atoms with Crippen LogP contribution in [-0.4, -0.2) is 12.5 Å². The van der Waals surface area contributed by atoms with Gasteiger partial charge >= 0.3 is 0 Å². The van der Waals surface area contributed by atoms with Crippen molar-refractivity contribution in [1.29, 1.82) is 0 Å². The fraction of sp³-hybridized carbons (Fsp3) is 0.273. The molecule has 0 aliphatic rings. The summed E-state index contributed by atoms with van der Waals surface area (Å²) >= 11 is 0. The maximum Gasteiger partial charge on any atom is 0.0775 e. The third-order valence-electron chi connectivity index (χ3n) is 1.68. The van der Waals surface area contributed by atoms with E-state index in [-0.39, 0.29) is 10.7 Å². The van der Waals surface area contributed by atoms with E-state index in [0.29, 0.717) is 0 Å². The van der Waals surface area contributed by atoms with Crippen LogP contribution in [0, 0.1) is 6.92 Å². The molecule has 0 saturated heterocycles. The van der Waals surface area contributed by atoms with Gasteiger partial charge in [0.2, 0.25) is 0 Å². The smallest absolute Gasteiger partial charge is 0.0775 e. The van der Waals surface area contributed by atoms with E-state index in [1.807, 2.05) is 6.08 Å². The van der Waals surface area contributed by atoms with Crippen LogP contribution < -0.4 is 0 Å². The van der Waals surface area contributed by atoms with Gasteiger partial charge in [-0.15, -0.1) is 10.7 Å². The molecule has 0 atom stereocenters. The van der Waals surface area contributed by atoms with Crippen LogP contribution in [0.3, 0.4) is 0 Å². The lowest BCUT2D eigenvalue weighted by Crippen LogP contribution is -1.81. The normalized spacial score (nSPS) is 10.2. The van der Waals surface area contributed by atoms with Gasteiger partial charge in [-0.1, -0.05) is 24.3 Å². The van der Waals surface area contributed by atoms with Gasteiger partial charge < -0.3 is 0 Å².